The summed E-state index contributed by atoms with van der Waals surface area (Å²) in [5, 5.41) is 9.60. The zero-order valence-corrected chi connectivity index (χ0v) is 4.09. The predicted octanol–water partition coefficient (Wildman–Crippen LogP) is -1.23. The molecule has 2 radical (unpaired) electrons. The predicted molar refractivity (Wildman–Crippen MR) is 24.0 cm³/mol. The minimum atomic E-state index is -1.33. The zero-order valence-electron chi connectivity index (χ0n) is 4.09. The molecule has 0 fully saturated rings. The van der Waals surface area contributed by atoms with E-state index in [1.54, 1.807) is 0 Å². The summed E-state index contributed by atoms with van der Waals surface area (Å²) >= 11 is 0. The molecular weight excluding hydrogens is 110 g/mol. The van der Waals surface area contributed by atoms with Crippen LogP contribution in [0.25, 0.3) is 0 Å². The summed E-state index contributed by atoms with van der Waals surface area (Å²) < 4.78 is 0. The van der Waals surface area contributed by atoms with Gasteiger partial charge < -0.3 is 5.73 Å². The maximum absolute atomic E-state index is 9.60. The molecular formula is C4H5NO3. The van der Waals surface area contributed by atoms with E-state index >= 15 is 0 Å². The first kappa shape index (κ1) is 7.10. The largest absolute Gasteiger partial charge is 0.357 e. The molecule has 0 aliphatic heterocycles. The zero-order chi connectivity index (χ0) is 6.57. The topological polar surface area (TPSA) is 80.1 Å². The van der Waals surface area contributed by atoms with Gasteiger partial charge in [-0.25, -0.2) is 9.90 Å². The molecule has 0 spiro atoms. The Morgan fingerprint density at radius 3 is 2.38 bits per heavy atom. The third-order valence-corrected chi connectivity index (χ3v) is 0.538. The molecule has 0 aliphatic rings. The molecule has 0 aromatic rings. The van der Waals surface area contributed by atoms with Crippen molar-refractivity contribution in [2.75, 3.05) is 0 Å². The molecule has 0 aromatic carbocycles. The third kappa shape index (κ3) is 3.30. The average Bonchev–Trinajstić information content (AvgIpc) is 1.65. The summed E-state index contributed by atoms with van der Waals surface area (Å²) in [6.45, 7) is 0. The van der Waals surface area contributed by atoms with E-state index in [1.807, 2.05) is 0 Å². The lowest BCUT2D eigenvalue weighted by molar-refractivity contribution is -0.143. The Morgan fingerprint density at radius 1 is 1.75 bits per heavy atom. The fraction of sp³-hybridized carbons (Fsp3) is 0.500. The number of carbonyl (C=O) groups excluding carboxylic acids is 2. The van der Waals surface area contributed by atoms with Gasteiger partial charge in [-0.05, 0) is 0 Å². The molecule has 0 heterocycles. The van der Waals surface area contributed by atoms with Crippen molar-refractivity contribution < 1.29 is 14.7 Å². The van der Waals surface area contributed by atoms with Gasteiger partial charge in [0.25, 0.3) is 0 Å². The lowest BCUT2D eigenvalue weighted by atomic mass is 10.2. The Morgan fingerprint density at radius 2 is 2.25 bits per heavy atom. The van der Waals surface area contributed by atoms with Crippen LogP contribution in [0.5, 0.6) is 0 Å². The fourth-order valence-electron chi connectivity index (χ4n) is 0.221. The molecule has 0 aromatic heterocycles. The molecule has 0 amide bonds. The summed E-state index contributed by atoms with van der Waals surface area (Å²) in [6, 6.07) is -1.04. The van der Waals surface area contributed by atoms with E-state index in [0.717, 1.165) is 0 Å². The van der Waals surface area contributed by atoms with Crippen LogP contribution in [0, 0.1) is 0 Å². The van der Waals surface area contributed by atoms with Crippen LogP contribution >= 0.6 is 0 Å². The van der Waals surface area contributed by atoms with E-state index in [1.165, 1.54) is 6.29 Å². The first-order valence-corrected chi connectivity index (χ1v) is 2.00. The highest BCUT2D eigenvalue weighted by atomic mass is 16.4. The van der Waals surface area contributed by atoms with E-state index in [0.29, 0.717) is 0 Å². The van der Waals surface area contributed by atoms with Crippen molar-refractivity contribution in [1.82, 2.24) is 0 Å². The highest BCUT2D eigenvalue weighted by Gasteiger charge is 2.07. The monoisotopic (exact) mass is 115 g/mol. The van der Waals surface area contributed by atoms with Gasteiger partial charge in [-0.15, -0.1) is 0 Å². The molecule has 4 heteroatoms. The van der Waals surface area contributed by atoms with Crippen molar-refractivity contribution in [3.8, 4) is 0 Å². The first-order valence-electron chi connectivity index (χ1n) is 2.00. The minimum Gasteiger partial charge on any atom is -0.321 e. The van der Waals surface area contributed by atoms with Crippen molar-refractivity contribution in [3.63, 3.8) is 0 Å². The van der Waals surface area contributed by atoms with E-state index in [4.69, 9.17) is 5.73 Å². The maximum Gasteiger partial charge on any atom is 0.357 e. The van der Waals surface area contributed by atoms with Crippen LogP contribution in [0.1, 0.15) is 6.42 Å². The summed E-state index contributed by atoms with van der Waals surface area (Å²) in [4.78, 5) is 19.1. The van der Waals surface area contributed by atoms with Gasteiger partial charge in [-0.1, -0.05) is 0 Å². The number of carbonyl (C=O) groups is 1. The second-order valence-electron chi connectivity index (χ2n) is 1.30. The molecule has 0 rings (SSSR count). The second kappa shape index (κ2) is 3.15. The van der Waals surface area contributed by atoms with Gasteiger partial charge in [0, 0.05) is 0 Å². The molecule has 0 aliphatic carbocycles. The number of hydrogen-bond donors (Lipinski definition) is 1. The van der Waals surface area contributed by atoms with Gasteiger partial charge in [-0.2, -0.15) is 0 Å². The Hall–Kier alpha value is -0.900. The molecule has 0 bridgehead atoms. The van der Waals surface area contributed by atoms with Gasteiger partial charge in [0.05, 0.1) is 12.5 Å². The average molecular weight is 115 g/mol. The Bertz CT molecular complexity index is 101. The normalized spacial score (nSPS) is 12.6. The Labute approximate surface area is 46.3 Å². The van der Waals surface area contributed by atoms with Crippen LogP contribution in [-0.4, -0.2) is 18.3 Å². The first-order chi connectivity index (χ1) is 3.66. The minimum absolute atomic E-state index is 0.455. The lowest BCUT2D eigenvalue weighted by Gasteiger charge is -1.90. The van der Waals surface area contributed by atoms with Gasteiger partial charge in [0.1, 0.15) is 0 Å². The molecule has 0 saturated carbocycles. The third-order valence-electron chi connectivity index (χ3n) is 0.538. The Balaban J connectivity index is 3.38. The smallest absolute Gasteiger partial charge is 0.321 e. The van der Waals surface area contributed by atoms with Gasteiger partial charge >= 0.3 is 5.97 Å². The molecule has 8 heavy (non-hydrogen) atoms. The Kier molecular flexibility index (Phi) is 2.79. The van der Waals surface area contributed by atoms with Crippen LogP contribution in [-0.2, 0) is 14.7 Å². The SMILES string of the molecule is NC([C]=O)CC([O])=O. The van der Waals surface area contributed by atoms with Crippen LogP contribution in [0.2, 0.25) is 0 Å². The van der Waals surface area contributed by atoms with Crippen LogP contribution < -0.4 is 5.73 Å². The molecule has 0 saturated heterocycles. The summed E-state index contributed by atoms with van der Waals surface area (Å²) in [5.41, 5.74) is 4.83. The van der Waals surface area contributed by atoms with Crippen LogP contribution in [0.3, 0.4) is 0 Å². The van der Waals surface area contributed by atoms with Crippen molar-refractivity contribution >= 4 is 12.3 Å². The summed E-state index contributed by atoms with van der Waals surface area (Å²) in [6.07, 6.45) is 0.848. The lowest BCUT2D eigenvalue weighted by Crippen LogP contribution is -2.24. The quantitative estimate of drug-likeness (QED) is 0.500. The van der Waals surface area contributed by atoms with Crippen molar-refractivity contribution in [2.24, 2.45) is 5.73 Å². The highest BCUT2D eigenvalue weighted by molar-refractivity contribution is 5.73. The van der Waals surface area contributed by atoms with Gasteiger partial charge in [0.2, 0.25) is 6.29 Å². The highest BCUT2D eigenvalue weighted by Crippen LogP contribution is 1.81. The van der Waals surface area contributed by atoms with E-state index in [9.17, 15) is 14.7 Å². The van der Waals surface area contributed by atoms with Gasteiger partial charge in [0.15, 0.2) is 0 Å². The summed E-state index contributed by atoms with van der Waals surface area (Å²) in [5.74, 6) is -1.33. The molecule has 44 valence electrons. The standard InChI is InChI=1S/C4H5NO3/c5-3(2-6)1-4(7)8/h3H,1,5H2. The van der Waals surface area contributed by atoms with Crippen LogP contribution in [0.15, 0.2) is 0 Å². The molecule has 1 atom stereocenters. The fourth-order valence-corrected chi connectivity index (χ4v) is 0.221. The van der Waals surface area contributed by atoms with Crippen molar-refractivity contribution in [1.29, 1.82) is 0 Å². The molecule has 4 nitrogen and oxygen atoms in total. The van der Waals surface area contributed by atoms with Crippen molar-refractivity contribution in [2.45, 2.75) is 12.5 Å². The maximum atomic E-state index is 9.60. The summed E-state index contributed by atoms with van der Waals surface area (Å²) in [7, 11) is 0. The van der Waals surface area contributed by atoms with Crippen molar-refractivity contribution in [3.05, 3.63) is 0 Å². The number of rotatable bonds is 3. The molecule has 1 unspecified atom stereocenters. The van der Waals surface area contributed by atoms with Crippen LogP contribution in [0.4, 0.5) is 0 Å². The van der Waals surface area contributed by atoms with Gasteiger partial charge in [-0.3, -0.25) is 4.79 Å². The molecule has 2 N–H and O–H groups in total. The van der Waals surface area contributed by atoms with E-state index in [2.05, 4.69) is 0 Å². The van der Waals surface area contributed by atoms with E-state index in [-0.39, 0.29) is 0 Å². The number of hydrogen-bond acceptors (Lipinski definition) is 3. The second-order valence-corrected chi connectivity index (χ2v) is 1.30. The number of nitrogens with two attached hydrogens (primary N) is 1. The van der Waals surface area contributed by atoms with E-state index < -0.39 is 18.4 Å².